The van der Waals surface area contributed by atoms with Crippen molar-refractivity contribution in [1.82, 2.24) is 5.32 Å². The monoisotopic (exact) mass is 330 g/mol. The number of furan rings is 1. The van der Waals surface area contributed by atoms with Crippen molar-refractivity contribution in [2.24, 2.45) is 0 Å². The Morgan fingerprint density at radius 1 is 1.00 bits per heavy atom. The van der Waals surface area contributed by atoms with Crippen LogP contribution in [0.3, 0.4) is 0 Å². The van der Waals surface area contributed by atoms with Gasteiger partial charge in [0, 0.05) is 0 Å². The summed E-state index contributed by atoms with van der Waals surface area (Å²) >= 11 is 0. The van der Waals surface area contributed by atoms with Gasteiger partial charge in [0.25, 0.3) is 5.91 Å². The smallest absolute Gasteiger partial charge is 0.395 e. The highest BCUT2D eigenvalue weighted by Crippen LogP contribution is 2.27. The van der Waals surface area contributed by atoms with Gasteiger partial charge in [0.2, 0.25) is 0 Å². The summed E-state index contributed by atoms with van der Waals surface area (Å²) in [5.74, 6) is -1.03. The van der Waals surface area contributed by atoms with Gasteiger partial charge in [0.05, 0.1) is 11.6 Å². The third kappa shape index (κ3) is 3.82. The molecule has 0 aliphatic rings. The molecule has 1 N–H and O–H groups in total. The van der Waals surface area contributed by atoms with Gasteiger partial charge < -0.3 is 9.73 Å². The van der Waals surface area contributed by atoms with Crippen molar-refractivity contribution < 1.29 is 14.1 Å². The topological polar surface area (TPSA) is 85.4 Å². The van der Waals surface area contributed by atoms with Gasteiger partial charge in [0.15, 0.2) is 5.76 Å². The lowest BCUT2D eigenvalue weighted by atomic mass is 9.84. The molecule has 1 aromatic heterocycles. The van der Waals surface area contributed by atoms with E-state index in [1.165, 1.54) is 17.7 Å². The summed E-state index contributed by atoms with van der Waals surface area (Å²) < 4.78 is 4.94. The lowest BCUT2D eigenvalue weighted by Gasteiger charge is -2.28. The van der Waals surface area contributed by atoms with Gasteiger partial charge in [-0.1, -0.05) is 45.0 Å². The first-order valence-electron chi connectivity index (χ1n) is 7.68. The zero-order valence-electron chi connectivity index (χ0n) is 14.5. The van der Waals surface area contributed by atoms with Crippen molar-refractivity contribution in [3.63, 3.8) is 0 Å². The van der Waals surface area contributed by atoms with E-state index in [0.717, 1.165) is 5.56 Å². The second-order valence-corrected chi connectivity index (χ2v) is 7.30. The molecule has 0 spiro atoms. The standard InChI is InChI=1S/C18H22N2O4/c1-17(2,3)12-6-8-13(9-7-12)18(4,5)19-16(21)14-10-11-15(24-14)20(22)23/h6-11H,1-5H3,(H,19,21). The van der Waals surface area contributed by atoms with Gasteiger partial charge in [0.1, 0.15) is 4.92 Å². The molecule has 0 saturated carbocycles. The van der Waals surface area contributed by atoms with E-state index in [-0.39, 0.29) is 11.2 Å². The van der Waals surface area contributed by atoms with Crippen LogP contribution in [-0.2, 0) is 11.0 Å². The minimum absolute atomic E-state index is 0.0546. The van der Waals surface area contributed by atoms with E-state index in [9.17, 15) is 14.9 Å². The summed E-state index contributed by atoms with van der Waals surface area (Å²) in [5, 5.41) is 13.5. The molecule has 0 aliphatic carbocycles. The summed E-state index contributed by atoms with van der Waals surface area (Å²) in [5.41, 5.74) is 1.55. The second-order valence-electron chi connectivity index (χ2n) is 7.30. The maximum Gasteiger partial charge on any atom is 0.433 e. The molecular formula is C18H22N2O4. The predicted octanol–water partition coefficient (Wildman–Crippen LogP) is 4.15. The van der Waals surface area contributed by atoms with E-state index in [1.54, 1.807) is 0 Å². The van der Waals surface area contributed by atoms with Gasteiger partial charge in [-0.05, 0) is 36.5 Å². The Morgan fingerprint density at radius 2 is 1.54 bits per heavy atom. The molecule has 0 saturated heterocycles. The molecule has 1 heterocycles. The van der Waals surface area contributed by atoms with Crippen LogP contribution in [0.5, 0.6) is 0 Å². The molecule has 128 valence electrons. The molecule has 0 unspecified atom stereocenters. The van der Waals surface area contributed by atoms with E-state index in [0.29, 0.717) is 0 Å². The largest absolute Gasteiger partial charge is 0.433 e. The predicted molar refractivity (Wildman–Crippen MR) is 91.0 cm³/mol. The Balaban J connectivity index is 2.17. The molecule has 2 rings (SSSR count). The molecule has 1 amide bonds. The van der Waals surface area contributed by atoms with E-state index < -0.39 is 22.3 Å². The van der Waals surface area contributed by atoms with Crippen molar-refractivity contribution >= 4 is 11.8 Å². The van der Waals surface area contributed by atoms with E-state index >= 15 is 0 Å². The number of rotatable bonds is 4. The molecule has 0 aliphatic heterocycles. The highest BCUT2D eigenvalue weighted by molar-refractivity contribution is 5.92. The number of carbonyl (C=O) groups excluding carboxylic acids is 1. The zero-order chi connectivity index (χ0) is 18.1. The summed E-state index contributed by atoms with van der Waals surface area (Å²) in [6, 6.07) is 10.5. The number of nitro groups is 1. The van der Waals surface area contributed by atoms with Gasteiger partial charge in [-0.2, -0.15) is 0 Å². The lowest BCUT2D eigenvalue weighted by molar-refractivity contribution is -0.402. The highest BCUT2D eigenvalue weighted by Gasteiger charge is 2.26. The first-order chi connectivity index (χ1) is 11.0. The van der Waals surface area contributed by atoms with Crippen LogP contribution in [0.4, 0.5) is 5.88 Å². The first-order valence-corrected chi connectivity index (χ1v) is 7.68. The Kier molecular flexibility index (Phi) is 4.51. The molecule has 0 fully saturated rings. The normalized spacial score (nSPS) is 12.0. The van der Waals surface area contributed by atoms with Crippen LogP contribution in [0, 0.1) is 10.1 Å². The van der Waals surface area contributed by atoms with Gasteiger partial charge in [-0.25, -0.2) is 0 Å². The maximum absolute atomic E-state index is 12.3. The molecule has 24 heavy (non-hydrogen) atoms. The third-order valence-corrected chi connectivity index (χ3v) is 3.89. The number of nitrogens with zero attached hydrogens (tertiary/aromatic N) is 1. The average Bonchev–Trinajstić information content (AvgIpc) is 2.96. The first kappa shape index (κ1) is 17.7. The van der Waals surface area contributed by atoms with Crippen molar-refractivity contribution in [3.8, 4) is 0 Å². The van der Waals surface area contributed by atoms with Crippen molar-refractivity contribution in [2.75, 3.05) is 0 Å². The SMILES string of the molecule is CC(C)(C)c1ccc(C(C)(C)NC(=O)c2ccc([N+](=O)[O-])o2)cc1. The molecule has 6 nitrogen and oxygen atoms in total. The Hall–Kier alpha value is -2.63. The van der Waals surface area contributed by atoms with Crippen LogP contribution in [0.1, 0.15) is 56.3 Å². The van der Waals surface area contributed by atoms with Crippen LogP contribution in [0.15, 0.2) is 40.8 Å². The number of benzene rings is 1. The van der Waals surface area contributed by atoms with Crippen LogP contribution < -0.4 is 5.32 Å². The van der Waals surface area contributed by atoms with Crippen LogP contribution >= 0.6 is 0 Å². The van der Waals surface area contributed by atoms with Gasteiger partial charge in [-0.3, -0.25) is 14.9 Å². The molecule has 2 aromatic rings. The second kappa shape index (κ2) is 6.11. The Bertz CT molecular complexity index is 752. The number of hydrogen-bond acceptors (Lipinski definition) is 4. The maximum atomic E-state index is 12.3. The molecule has 0 radical (unpaired) electrons. The third-order valence-electron chi connectivity index (χ3n) is 3.89. The van der Waals surface area contributed by atoms with Crippen molar-refractivity contribution in [1.29, 1.82) is 0 Å². The summed E-state index contributed by atoms with van der Waals surface area (Å²) in [6.45, 7) is 10.2. The number of hydrogen-bond donors (Lipinski definition) is 1. The minimum Gasteiger partial charge on any atom is -0.395 e. The number of nitrogens with one attached hydrogen (secondary N) is 1. The van der Waals surface area contributed by atoms with Gasteiger partial charge in [-0.15, -0.1) is 0 Å². The zero-order valence-corrected chi connectivity index (χ0v) is 14.5. The molecule has 6 heteroatoms. The highest BCUT2D eigenvalue weighted by atomic mass is 16.6. The molecule has 0 bridgehead atoms. The summed E-state index contributed by atoms with van der Waals surface area (Å²) in [7, 11) is 0. The lowest BCUT2D eigenvalue weighted by Crippen LogP contribution is -2.40. The number of amides is 1. The Labute approximate surface area is 141 Å². The average molecular weight is 330 g/mol. The fourth-order valence-corrected chi connectivity index (χ4v) is 2.35. The van der Waals surface area contributed by atoms with E-state index in [2.05, 4.69) is 26.1 Å². The van der Waals surface area contributed by atoms with Crippen molar-refractivity contribution in [3.05, 3.63) is 63.4 Å². The number of carbonyl (C=O) groups is 1. The molecule has 0 atom stereocenters. The Morgan fingerprint density at radius 3 is 2.00 bits per heavy atom. The van der Waals surface area contributed by atoms with Crippen LogP contribution in [0.25, 0.3) is 0 Å². The minimum atomic E-state index is -0.673. The summed E-state index contributed by atoms with van der Waals surface area (Å²) in [4.78, 5) is 22.2. The van der Waals surface area contributed by atoms with Crippen LogP contribution in [0.2, 0.25) is 0 Å². The summed E-state index contributed by atoms with van der Waals surface area (Å²) in [6.07, 6.45) is 0. The fourth-order valence-electron chi connectivity index (χ4n) is 2.35. The molecular weight excluding hydrogens is 308 g/mol. The van der Waals surface area contributed by atoms with Crippen molar-refractivity contribution in [2.45, 2.75) is 45.6 Å². The molecule has 1 aromatic carbocycles. The fraction of sp³-hybridized carbons (Fsp3) is 0.389. The van der Waals surface area contributed by atoms with Crippen LogP contribution in [-0.4, -0.2) is 10.8 Å². The van der Waals surface area contributed by atoms with E-state index in [1.807, 2.05) is 38.1 Å². The van der Waals surface area contributed by atoms with Gasteiger partial charge >= 0.3 is 5.88 Å². The van der Waals surface area contributed by atoms with E-state index in [4.69, 9.17) is 4.42 Å². The quantitative estimate of drug-likeness (QED) is 0.674.